The van der Waals surface area contributed by atoms with Gasteiger partial charge in [-0.05, 0) is 82.6 Å². The summed E-state index contributed by atoms with van der Waals surface area (Å²) in [5.74, 6) is 0. The lowest BCUT2D eigenvalue weighted by Crippen LogP contribution is -2.33. The second-order valence-corrected chi connectivity index (χ2v) is 7.38. The summed E-state index contributed by atoms with van der Waals surface area (Å²) in [6.45, 7) is 13.1. The van der Waals surface area contributed by atoms with Crippen molar-refractivity contribution in [1.82, 2.24) is 19.6 Å². The number of nitrogens with zero attached hydrogens (tertiary/aromatic N) is 4. The van der Waals surface area contributed by atoms with Gasteiger partial charge in [0.2, 0.25) is 0 Å². The van der Waals surface area contributed by atoms with E-state index in [0.717, 1.165) is 26.2 Å². The minimum Gasteiger partial charge on any atom is -0.368 e. The second-order valence-electron chi connectivity index (χ2n) is 6.18. The maximum absolute atomic E-state index is 7.33. The molecule has 0 fully saturated rings. The molecule has 0 spiro atoms. The molecule has 0 bridgehead atoms. The fourth-order valence-electron chi connectivity index (χ4n) is 0. The first-order valence-electron chi connectivity index (χ1n) is 8.57. The van der Waals surface area contributed by atoms with Crippen LogP contribution in [-0.4, -0.2) is 130 Å². The van der Waals surface area contributed by atoms with Gasteiger partial charge in [0.1, 0.15) is 0 Å². The standard InChI is InChI=1S/4C4H11N.H4O4Si/c4*1-4-5(2)3;1-5(2,3)4/h4*4H2,1-3H3;1-4H. The van der Waals surface area contributed by atoms with E-state index < -0.39 is 9.05 Å². The maximum atomic E-state index is 7.33. The summed E-state index contributed by atoms with van der Waals surface area (Å²) in [7, 11) is 11.8. The van der Waals surface area contributed by atoms with Gasteiger partial charge in [0, 0.05) is 0 Å². The fraction of sp³-hybridized carbons (Fsp3) is 1.00. The van der Waals surface area contributed by atoms with Crippen molar-refractivity contribution in [2.24, 2.45) is 0 Å². The molecule has 0 atom stereocenters. The van der Waals surface area contributed by atoms with E-state index in [9.17, 15) is 0 Å². The van der Waals surface area contributed by atoms with Gasteiger partial charge in [0.25, 0.3) is 0 Å². The Balaban J connectivity index is -0.0000000667. The summed E-state index contributed by atoms with van der Waals surface area (Å²) in [6.07, 6.45) is 0. The second kappa shape index (κ2) is 26.1. The van der Waals surface area contributed by atoms with Crippen LogP contribution in [0.4, 0.5) is 0 Å². The van der Waals surface area contributed by atoms with Crippen molar-refractivity contribution in [2.45, 2.75) is 27.7 Å². The average molecular weight is 389 g/mol. The Labute approximate surface area is 158 Å². The molecule has 160 valence electrons. The van der Waals surface area contributed by atoms with Crippen molar-refractivity contribution in [3.8, 4) is 0 Å². The van der Waals surface area contributed by atoms with Gasteiger partial charge < -0.3 is 38.8 Å². The van der Waals surface area contributed by atoms with E-state index in [1.54, 1.807) is 0 Å². The van der Waals surface area contributed by atoms with Gasteiger partial charge in [-0.1, -0.05) is 27.7 Å². The molecule has 0 unspecified atom stereocenters. The average Bonchev–Trinajstić information content (AvgIpc) is 2.47. The molecule has 0 rings (SSSR count). The molecule has 0 aromatic rings. The predicted octanol–water partition coefficient (Wildman–Crippen LogP) is -0.337. The smallest absolute Gasteiger partial charge is 0.368 e. The minimum absolute atomic E-state index is 1.14. The predicted molar refractivity (Wildman–Crippen MR) is 112 cm³/mol. The van der Waals surface area contributed by atoms with Crippen LogP contribution < -0.4 is 0 Å². The highest BCUT2D eigenvalue weighted by molar-refractivity contribution is 6.46. The van der Waals surface area contributed by atoms with Gasteiger partial charge in [-0.2, -0.15) is 0 Å². The van der Waals surface area contributed by atoms with Crippen LogP contribution in [0.3, 0.4) is 0 Å². The summed E-state index contributed by atoms with van der Waals surface area (Å²) in [6, 6.07) is 0. The van der Waals surface area contributed by atoms with E-state index in [2.05, 4.69) is 104 Å². The lowest BCUT2D eigenvalue weighted by molar-refractivity contribution is 0.117. The van der Waals surface area contributed by atoms with Crippen LogP contribution >= 0.6 is 0 Å². The van der Waals surface area contributed by atoms with E-state index in [0.29, 0.717) is 0 Å². The van der Waals surface area contributed by atoms with E-state index in [1.807, 2.05) is 0 Å². The van der Waals surface area contributed by atoms with Crippen LogP contribution in [0.2, 0.25) is 0 Å². The molecule has 0 saturated heterocycles. The first-order chi connectivity index (χ1) is 11.1. The third-order valence-corrected chi connectivity index (χ3v) is 2.53. The largest absolute Gasteiger partial charge is 0.668 e. The molecule has 0 aliphatic carbocycles. The van der Waals surface area contributed by atoms with Crippen LogP contribution in [0.1, 0.15) is 27.7 Å². The Morgan fingerprint density at radius 3 is 0.480 bits per heavy atom. The Morgan fingerprint density at radius 2 is 0.480 bits per heavy atom. The highest BCUT2D eigenvalue weighted by Gasteiger charge is 2.22. The van der Waals surface area contributed by atoms with Gasteiger partial charge in [-0.3, -0.25) is 0 Å². The van der Waals surface area contributed by atoms with Crippen molar-refractivity contribution in [3.05, 3.63) is 0 Å². The van der Waals surface area contributed by atoms with Crippen molar-refractivity contribution in [2.75, 3.05) is 82.6 Å². The summed E-state index contributed by atoms with van der Waals surface area (Å²) < 4.78 is 0. The van der Waals surface area contributed by atoms with Gasteiger partial charge in [0.05, 0.1) is 0 Å². The zero-order valence-corrected chi connectivity index (χ0v) is 19.9. The van der Waals surface area contributed by atoms with E-state index in [1.165, 1.54) is 0 Å². The molecule has 0 radical (unpaired) electrons. The van der Waals surface area contributed by atoms with Crippen molar-refractivity contribution >= 4 is 9.05 Å². The number of hydrogen-bond donors (Lipinski definition) is 4. The molecule has 0 heterocycles. The lowest BCUT2D eigenvalue weighted by Gasteiger charge is -2.00. The van der Waals surface area contributed by atoms with E-state index >= 15 is 0 Å². The maximum Gasteiger partial charge on any atom is 0.668 e. The van der Waals surface area contributed by atoms with Gasteiger partial charge in [0.15, 0.2) is 0 Å². The highest BCUT2D eigenvalue weighted by Crippen LogP contribution is 1.67. The Bertz CT molecular complexity index is 177. The highest BCUT2D eigenvalue weighted by atomic mass is 28.4. The van der Waals surface area contributed by atoms with E-state index in [4.69, 9.17) is 19.2 Å². The molecule has 4 N–H and O–H groups in total. The first-order valence-corrected chi connectivity index (χ1v) is 10.4. The fourth-order valence-corrected chi connectivity index (χ4v) is 0. The summed E-state index contributed by atoms with van der Waals surface area (Å²) in [5.41, 5.74) is 0. The Morgan fingerprint density at radius 1 is 0.440 bits per heavy atom. The monoisotopic (exact) mass is 388 g/mol. The van der Waals surface area contributed by atoms with Crippen LogP contribution in [0.15, 0.2) is 0 Å². The zero-order valence-electron chi connectivity index (χ0n) is 18.9. The SMILES string of the molecule is CCN(C)C.CCN(C)C.CCN(C)C.CCN(C)C.O[Si](O)(O)O. The molecule has 0 saturated carbocycles. The third kappa shape index (κ3) is 184. The van der Waals surface area contributed by atoms with Crippen molar-refractivity contribution in [1.29, 1.82) is 0 Å². The first kappa shape index (κ1) is 35.9. The van der Waals surface area contributed by atoms with Crippen molar-refractivity contribution < 1.29 is 19.2 Å². The van der Waals surface area contributed by atoms with Crippen LogP contribution in [0.25, 0.3) is 0 Å². The Hall–Kier alpha value is -0.103. The number of rotatable bonds is 4. The van der Waals surface area contributed by atoms with Crippen molar-refractivity contribution in [3.63, 3.8) is 0 Å². The van der Waals surface area contributed by atoms with Crippen LogP contribution in [0.5, 0.6) is 0 Å². The molecular formula is C16H48N4O4Si. The van der Waals surface area contributed by atoms with Crippen LogP contribution in [0, 0.1) is 0 Å². The minimum atomic E-state index is -4.61. The lowest BCUT2D eigenvalue weighted by atomic mass is 10.7. The summed E-state index contributed by atoms with van der Waals surface area (Å²) in [4.78, 5) is 37.8. The molecule has 0 aromatic carbocycles. The Kier molecular flexibility index (Phi) is 37.5. The summed E-state index contributed by atoms with van der Waals surface area (Å²) in [5, 5.41) is 0. The topological polar surface area (TPSA) is 93.9 Å². The quantitative estimate of drug-likeness (QED) is 0.486. The molecule has 0 amide bonds. The van der Waals surface area contributed by atoms with Gasteiger partial charge >= 0.3 is 9.05 Å². The zero-order chi connectivity index (χ0) is 21.6. The normalized spacial score (nSPS) is 10.1. The van der Waals surface area contributed by atoms with Crippen LogP contribution in [-0.2, 0) is 0 Å². The molecule has 0 aromatic heterocycles. The molecular weight excluding hydrogens is 340 g/mol. The molecule has 9 heteroatoms. The number of hydrogen-bond acceptors (Lipinski definition) is 8. The summed E-state index contributed by atoms with van der Waals surface area (Å²) >= 11 is 0. The van der Waals surface area contributed by atoms with Gasteiger partial charge in [-0.15, -0.1) is 0 Å². The van der Waals surface area contributed by atoms with Gasteiger partial charge in [-0.25, -0.2) is 0 Å². The van der Waals surface area contributed by atoms with E-state index in [-0.39, 0.29) is 0 Å². The molecule has 0 aliphatic rings. The molecule has 25 heavy (non-hydrogen) atoms. The molecule has 8 nitrogen and oxygen atoms in total. The third-order valence-electron chi connectivity index (χ3n) is 2.53. The molecule has 0 aliphatic heterocycles.